The van der Waals surface area contributed by atoms with Crippen molar-refractivity contribution < 1.29 is 4.74 Å². The summed E-state index contributed by atoms with van der Waals surface area (Å²) in [7, 11) is 1.63. The van der Waals surface area contributed by atoms with Crippen molar-refractivity contribution in [2.45, 2.75) is 13.8 Å². The van der Waals surface area contributed by atoms with Crippen LogP contribution in [0.4, 0.5) is 5.82 Å². The first-order valence-corrected chi connectivity index (χ1v) is 5.57. The molecule has 2 aromatic rings. The number of hydrogen-bond acceptors (Lipinski definition) is 3. The number of anilines is 1. The van der Waals surface area contributed by atoms with Crippen LogP contribution in [0, 0.1) is 13.8 Å². The number of ether oxygens (including phenoxy) is 1. The number of hydrogen-bond donors (Lipinski definition) is 2. The molecule has 17 heavy (non-hydrogen) atoms. The van der Waals surface area contributed by atoms with Crippen LogP contribution in [0.3, 0.4) is 0 Å². The van der Waals surface area contributed by atoms with Gasteiger partial charge in [0.15, 0.2) is 5.82 Å². The summed E-state index contributed by atoms with van der Waals surface area (Å²) < 4.78 is 5.41. The summed E-state index contributed by atoms with van der Waals surface area (Å²) >= 11 is 6.07. The van der Waals surface area contributed by atoms with Crippen molar-refractivity contribution in [2.75, 3.05) is 12.8 Å². The quantitative estimate of drug-likeness (QED) is 0.863. The number of methoxy groups -OCH3 is 1. The van der Waals surface area contributed by atoms with Gasteiger partial charge >= 0.3 is 0 Å². The number of benzene rings is 1. The molecular weight excluding hydrogens is 238 g/mol. The Morgan fingerprint density at radius 2 is 2.06 bits per heavy atom. The first kappa shape index (κ1) is 11.8. The van der Waals surface area contributed by atoms with Crippen molar-refractivity contribution in [3.05, 3.63) is 28.4 Å². The molecule has 0 saturated carbocycles. The summed E-state index contributed by atoms with van der Waals surface area (Å²) in [5, 5.41) is 7.48. The minimum Gasteiger partial charge on any atom is -0.496 e. The zero-order valence-corrected chi connectivity index (χ0v) is 10.7. The van der Waals surface area contributed by atoms with Crippen molar-refractivity contribution in [1.82, 2.24) is 10.2 Å². The molecule has 3 N–H and O–H groups in total. The summed E-state index contributed by atoms with van der Waals surface area (Å²) in [6.07, 6.45) is 0. The molecule has 1 aromatic carbocycles. The zero-order chi connectivity index (χ0) is 12.6. The fourth-order valence-corrected chi connectivity index (χ4v) is 2.25. The molecule has 2 rings (SSSR count). The van der Waals surface area contributed by atoms with Crippen LogP contribution in [-0.2, 0) is 0 Å². The number of nitrogens with one attached hydrogen (secondary N) is 1. The first-order chi connectivity index (χ1) is 8.04. The molecule has 1 aromatic heterocycles. The van der Waals surface area contributed by atoms with E-state index in [1.54, 1.807) is 7.11 Å². The van der Waals surface area contributed by atoms with E-state index in [1.165, 1.54) is 0 Å². The van der Waals surface area contributed by atoms with Gasteiger partial charge in [0.25, 0.3) is 0 Å². The first-order valence-electron chi connectivity index (χ1n) is 5.19. The molecule has 0 amide bonds. The van der Waals surface area contributed by atoms with Crippen LogP contribution >= 0.6 is 11.6 Å². The number of aromatic nitrogens is 2. The van der Waals surface area contributed by atoms with E-state index in [-0.39, 0.29) is 0 Å². The third kappa shape index (κ3) is 1.96. The maximum absolute atomic E-state index is 6.07. The predicted octanol–water partition coefficient (Wildman–Crippen LogP) is 2.94. The molecule has 0 spiro atoms. The topological polar surface area (TPSA) is 63.9 Å². The van der Waals surface area contributed by atoms with E-state index in [1.807, 2.05) is 26.0 Å². The van der Waals surface area contributed by atoms with Crippen LogP contribution in [0.2, 0.25) is 5.02 Å². The largest absolute Gasteiger partial charge is 0.496 e. The monoisotopic (exact) mass is 251 g/mol. The minimum atomic E-state index is 0.447. The van der Waals surface area contributed by atoms with E-state index in [0.717, 1.165) is 28.1 Å². The number of nitrogens with two attached hydrogens (primary N) is 1. The van der Waals surface area contributed by atoms with Gasteiger partial charge in [-0.2, -0.15) is 5.10 Å². The fraction of sp³-hybridized carbons (Fsp3) is 0.250. The standard InChI is InChI=1S/C12H14ClN3O/c1-6-4-8(13)5-9(11(6)17-3)10-7(2)15-16-12(10)14/h4-5H,1-3H3,(H3,14,15,16). The highest BCUT2D eigenvalue weighted by atomic mass is 35.5. The lowest BCUT2D eigenvalue weighted by molar-refractivity contribution is 0.413. The molecule has 1 heterocycles. The SMILES string of the molecule is COc1c(C)cc(Cl)cc1-c1c(N)n[nH]c1C. The molecule has 4 nitrogen and oxygen atoms in total. The van der Waals surface area contributed by atoms with Gasteiger partial charge in [-0.05, 0) is 31.5 Å². The fourth-order valence-electron chi connectivity index (χ4n) is 1.97. The Labute approximate surface area is 105 Å². The second kappa shape index (κ2) is 4.30. The van der Waals surface area contributed by atoms with E-state index in [0.29, 0.717) is 10.8 Å². The van der Waals surface area contributed by atoms with Gasteiger partial charge in [0.1, 0.15) is 5.75 Å². The average Bonchev–Trinajstić information content (AvgIpc) is 2.57. The Balaban J connectivity index is 2.74. The smallest absolute Gasteiger partial charge is 0.153 e. The molecule has 5 heteroatoms. The van der Waals surface area contributed by atoms with Gasteiger partial charge < -0.3 is 10.5 Å². The highest BCUT2D eigenvalue weighted by molar-refractivity contribution is 6.31. The number of aromatic amines is 1. The van der Waals surface area contributed by atoms with Gasteiger partial charge in [-0.15, -0.1) is 0 Å². The Kier molecular flexibility index (Phi) is 2.98. The van der Waals surface area contributed by atoms with E-state index in [2.05, 4.69) is 10.2 Å². The van der Waals surface area contributed by atoms with E-state index in [4.69, 9.17) is 22.1 Å². The molecule has 0 aliphatic rings. The summed E-state index contributed by atoms with van der Waals surface area (Å²) in [5.74, 6) is 1.22. The van der Waals surface area contributed by atoms with Crippen molar-refractivity contribution in [3.63, 3.8) is 0 Å². The highest BCUT2D eigenvalue weighted by Crippen LogP contribution is 2.39. The van der Waals surface area contributed by atoms with Crippen LogP contribution in [-0.4, -0.2) is 17.3 Å². The van der Waals surface area contributed by atoms with Crippen LogP contribution < -0.4 is 10.5 Å². The Bertz CT molecular complexity index is 544. The normalized spacial score (nSPS) is 10.6. The number of rotatable bonds is 2. The number of nitrogens with zero attached hydrogens (tertiary/aromatic N) is 1. The second-order valence-corrected chi connectivity index (χ2v) is 4.35. The van der Waals surface area contributed by atoms with Gasteiger partial charge in [-0.25, -0.2) is 0 Å². The highest BCUT2D eigenvalue weighted by Gasteiger charge is 2.16. The third-order valence-corrected chi connectivity index (χ3v) is 2.91. The van der Waals surface area contributed by atoms with Gasteiger partial charge in [-0.1, -0.05) is 11.6 Å². The van der Waals surface area contributed by atoms with Crippen molar-refractivity contribution >= 4 is 17.4 Å². The number of halogens is 1. The number of aryl methyl sites for hydroxylation is 2. The molecule has 0 aliphatic carbocycles. The Morgan fingerprint density at radius 1 is 1.35 bits per heavy atom. The molecule has 0 bridgehead atoms. The van der Waals surface area contributed by atoms with Gasteiger partial charge in [0.05, 0.1) is 12.7 Å². The van der Waals surface area contributed by atoms with Gasteiger partial charge in [0.2, 0.25) is 0 Å². The third-order valence-electron chi connectivity index (χ3n) is 2.69. The van der Waals surface area contributed by atoms with E-state index < -0.39 is 0 Å². The lowest BCUT2D eigenvalue weighted by Crippen LogP contribution is -1.95. The maximum atomic E-state index is 6.07. The van der Waals surface area contributed by atoms with Crippen LogP contribution in [0.5, 0.6) is 5.75 Å². The lowest BCUT2D eigenvalue weighted by atomic mass is 10.0. The molecule has 0 atom stereocenters. The summed E-state index contributed by atoms with van der Waals surface area (Å²) in [6, 6.07) is 3.69. The van der Waals surface area contributed by atoms with E-state index in [9.17, 15) is 0 Å². The number of H-pyrrole nitrogens is 1. The van der Waals surface area contributed by atoms with Crippen molar-refractivity contribution in [1.29, 1.82) is 0 Å². The lowest BCUT2D eigenvalue weighted by Gasteiger charge is -2.12. The van der Waals surface area contributed by atoms with E-state index >= 15 is 0 Å². The predicted molar refractivity (Wildman–Crippen MR) is 69.5 cm³/mol. The molecule has 0 fully saturated rings. The van der Waals surface area contributed by atoms with Crippen LogP contribution in [0.25, 0.3) is 11.1 Å². The van der Waals surface area contributed by atoms with Gasteiger partial charge in [-0.3, -0.25) is 5.10 Å². The molecule has 0 saturated heterocycles. The minimum absolute atomic E-state index is 0.447. The average molecular weight is 252 g/mol. The molecule has 90 valence electrons. The maximum Gasteiger partial charge on any atom is 0.153 e. The number of nitrogen functional groups attached to an aromatic ring is 1. The molecular formula is C12H14ClN3O. The molecule has 0 unspecified atom stereocenters. The summed E-state index contributed by atoms with van der Waals surface area (Å²) in [4.78, 5) is 0. The Morgan fingerprint density at radius 3 is 2.59 bits per heavy atom. The second-order valence-electron chi connectivity index (χ2n) is 3.91. The van der Waals surface area contributed by atoms with Crippen LogP contribution in [0.1, 0.15) is 11.3 Å². The van der Waals surface area contributed by atoms with Crippen LogP contribution in [0.15, 0.2) is 12.1 Å². The van der Waals surface area contributed by atoms with Crippen molar-refractivity contribution in [3.8, 4) is 16.9 Å². The molecule has 0 radical (unpaired) electrons. The summed E-state index contributed by atoms with van der Waals surface area (Å²) in [5.41, 5.74) is 9.42. The zero-order valence-electron chi connectivity index (χ0n) is 9.97. The van der Waals surface area contributed by atoms with Crippen molar-refractivity contribution in [2.24, 2.45) is 0 Å². The van der Waals surface area contributed by atoms with Gasteiger partial charge in [0, 0.05) is 16.3 Å². The Hall–Kier alpha value is -1.68. The summed E-state index contributed by atoms with van der Waals surface area (Å²) in [6.45, 7) is 3.86. The molecule has 0 aliphatic heterocycles.